The Morgan fingerprint density at radius 2 is 2.31 bits per heavy atom. The van der Waals surface area contributed by atoms with Crippen LogP contribution >= 0.6 is 0 Å². The van der Waals surface area contributed by atoms with Crippen LogP contribution in [0.25, 0.3) is 0 Å². The van der Waals surface area contributed by atoms with E-state index < -0.39 is 10.0 Å². The van der Waals surface area contributed by atoms with Crippen molar-refractivity contribution in [2.24, 2.45) is 5.14 Å². The molecule has 0 aliphatic rings. The Hall–Kier alpha value is -1.34. The van der Waals surface area contributed by atoms with Gasteiger partial charge in [0.15, 0.2) is 0 Å². The smallest absolute Gasteiger partial charge is 0.214 e. The summed E-state index contributed by atoms with van der Waals surface area (Å²) in [4.78, 5) is 3.95. The van der Waals surface area contributed by atoms with Crippen LogP contribution in [0.1, 0.15) is 6.42 Å². The number of nitrogens with zero attached hydrogens (tertiary/aromatic N) is 1. The first kappa shape index (κ1) is 12.7. The van der Waals surface area contributed by atoms with Gasteiger partial charge < -0.3 is 10.1 Å². The van der Waals surface area contributed by atoms with Crippen LogP contribution in [0.5, 0.6) is 5.88 Å². The maximum atomic E-state index is 10.7. The average Bonchev–Trinajstić information content (AvgIpc) is 2.23. The summed E-state index contributed by atoms with van der Waals surface area (Å²) in [6.45, 7) is 0.531. The minimum atomic E-state index is -3.37. The highest BCUT2D eigenvalue weighted by molar-refractivity contribution is 7.89. The molecule has 1 heterocycles. The zero-order chi connectivity index (χ0) is 12.0. The Bertz CT molecular complexity index is 433. The van der Waals surface area contributed by atoms with Crippen molar-refractivity contribution in [3.8, 4) is 5.88 Å². The van der Waals surface area contributed by atoms with E-state index in [1.165, 1.54) is 7.11 Å². The largest absolute Gasteiger partial charge is 0.481 e. The van der Waals surface area contributed by atoms with Crippen molar-refractivity contribution in [3.05, 3.63) is 18.3 Å². The molecule has 0 fully saturated rings. The van der Waals surface area contributed by atoms with Gasteiger partial charge in [-0.15, -0.1) is 0 Å². The van der Waals surface area contributed by atoms with Crippen LogP contribution in [0.4, 0.5) is 5.69 Å². The van der Waals surface area contributed by atoms with E-state index in [1.807, 2.05) is 0 Å². The van der Waals surface area contributed by atoms with Gasteiger partial charge in [0, 0.05) is 24.5 Å². The number of ether oxygens (including phenoxy) is 1. The lowest BCUT2D eigenvalue weighted by molar-refractivity contribution is 0.398. The molecule has 90 valence electrons. The molecule has 0 spiro atoms. The third-order valence-electron chi connectivity index (χ3n) is 1.88. The van der Waals surface area contributed by atoms with Crippen molar-refractivity contribution < 1.29 is 13.2 Å². The highest BCUT2D eigenvalue weighted by Crippen LogP contribution is 2.12. The third-order valence-corrected chi connectivity index (χ3v) is 2.74. The van der Waals surface area contributed by atoms with Crippen LogP contribution in [0.3, 0.4) is 0 Å². The van der Waals surface area contributed by atoms with Gasteiger partial charge in [-0.3, -0.25) is 0 Å². The highest BCUT2D eigenvalue weighted by Gasteiger charge is 2.01. The summed E-state index contributed by atoms with van der Waals surface area (Å²) in [5.41, 5.74) is 0.835. The van der Waals surface area contributed by atoms with E-state index in [-0.39, 0.29) is 5.75 Å². The third kappa shape index (κ3) is 4.94. The lowest BCUT2D eigenvalue weighted by atomic mass is 10.4. The molecule has 0 aliphatic heterocycles. The van der Waals surface area contributed by atoms with Gasteiger partial charge >= 0.3 is 0 Å². The Morgan fingerprint density at radius 3 is 2.94 bits per heavy atom. The Kier molecular flexibility index (Phi) is 4.51. The molecule has 0 amide bonds. The van der Waals surface area contributed by atoms with Crippen molar-refractivity contribution in [1.82, 2.24) is 4.98 Å². The Morgan fingerprint density at radius 1 is 1.56 bits per heavy atom. The Labute approximate surface area is 94.9 Å². The summed E-state index contributed by atoms with van der Waals surface area (Å²) in [5, 5.41) is 7.93. The number of nitrogens with two attached hydrogens (primary N) is 1. The first-order chi connectivity index (χ1) is 7.51. The number of hydrogen-bond acceptors (Lipinski definition) is 5. The number of sulfonamides is 1. The van der Waals surface area contributed by atoms with E-state index in [0.717, 1.165) is 5.69 Å². The van der Waals surface area contributed by atoms with E-state index >= 15 is 0 Å². The fourth-order valence-electron chi connectivity index (χ4n) is 1.14. The second-order valence-corrected chi connectivity index (χ2v) is 4.97. The van der Waals surface area contributed by atoms with Gasteiger partial charge in [-0.1, -0.05) is 0 Å². The second kappa shape index (κ2) is 5.66. The number of aromatic nitrogens is 1. The molecule has 0 radical (unpaired) electrons. The van der Waals surface area contributed by atoms with E-state index in [1.54, 1.807) is 18.3 Å². The van der Waals surface area contributed by atoms with Crippen LogP contribution in [-0.2, 0) is 10.0 Å². The van der Waals surface area contributed by atoms with Crippen molar-refractivity contribution in [3.63, 3.8) is 0 Å². The molecule has 7 heteroatoms. The van der Waals surface area contributed by atoms with Crippen LogP contribution in [0, 0.1) is 0 Å². The lowest BCUT2D eigenvalue weighted by Crippen LogP contribution is -2.18. The zero-order valence-corrected chi connectivity index (χ0v) is 9.83. The molecule has 0 atom stereocenters. The predicted molar refractivity (Wildman–Crippen MR) is 61.9 cm³/mol. The minimum Gasteiger partial charge on any atom is -0.481 e. The lowest BCUT2D eigenvalue weighted by Gasteiger charge is -2.06. The van der Waals surface area contributed by atoms with E-state index in [0.29, 0.717) is 18.8 Å². The number of pyridine rings is 1. The number of rotatable bonds is 6. The molecule has 0 bridgehead atoms. The van der Waals surface area contributed by atoms with Gasteiger partial charge in [0.2, 0.25) is 15.9 Å². The summed E-state index contributed by atoms with van der Waals surface area (Å²) < 4.78 is 26.3. The van der Waals surface area contributed by atoms with E-state index in [9.17, 15) is 8.42 Å². The monoisotopic (exact) mass is 245 g/mol. The number of nitrogens with one attached hydrogen (secondary N) is 1. The van der Waals surface area contributed by atoms with E-state index in [4.69, 9.17) is 9.88 Å². The van der Waals surface area contributed by atoms with Crippen molar-refractivity contribution in [2.45, 2.75) is 6.42 Å². The fourth-order valence-corrected chi connectivity index (χ4v) is 1.68. The Balaban J connectivity index is 2.37. The number of anilines is 1. The number of primary sulfonamides is 1. The maximum absolute atomic E-state index is 10.7. The van der Waals surface area contributed by atoms with Gasteiger partial charge in [-0.25, -0.2) is 18.5 Å². The fraction of sp³-hybridized carbons (Fsp3) is 0.444. The van der Waals surface area contributed by atoms with Gasteiger partial charge in [-0.2, -0.15) is 0 Å². The highest BCUT2D eigenvalue weighted by atomic mass is 32.2. The molecule has 1 aromatic heterocycles. The average molecular weight is 245 g/mol. The molecule has 16 heavy (non-hydrogen) atoms. The normalized spacial score (nSPS) is 11.1. The predicted octanol–water partition coefficient (Wildman–Crippen LogP) is 0.181. The first-order valence-corrected chi connectivity index (χ1v) is 6.47. The summed E-state index contributed by atoms with van der Waals surface area (Å²) in [7, 11) is -1.83. The van der Waals surface area contributed by atoms with Crippen molar-refractivity contribution in [1.29, 1.82) is 0 Å². The first-order valence-electron chi connectivity index (χ1n) is 4.75. The van der Waals surface area contributed by atoms with Gasteiger partial charge in [0.1, 0.15) is 0 Å². The molecule has 1 aromatic rings. The molecule has 0 saturated heterocycles. The molecule has 3 N–H and O–H groups in total. The van der Waals surface area contributed by atoms with Crippen LogP contribution < -0.4 is 15.2 Å². The molecular formula is C9H15N3O3S. The molecule has 0 unspecified atom stereocenters. The van der Waals surface area contributed by atoms with Gasteiger partial charge in [-0.05, 0) is 12.5 Å². The van der Waals surface area contributed by atoms with Crippen molar-refractivity contribution in [2.75, 3.05) is 24.7 Å². The summed E-state index contributed by atoms with van der Waals surface area (Å²) in [5.74, 6) is 0.485. The van der Waals surface area contributed by atoms with Crippen LogP contribution in [0.2, 0.25) is 0 Å². The van der Waals surface area contributed by atoms with Crippen LogP contribution in [-0.4, -0.2) is 32.8 Å². The van der Waals surface area contributed by atoms with E-state index in [2.05, 4.69) is 10.3 Å². The summed E-state index contributed by atoms with van der Waals surface area (Å²) in [6, 6.07) is 3.51. The number of methoxy groups -OCH3 is 1. The molecule has 0 saturated carbocycles. The SMILES string of the molecule is COc1cc(NCCCS(N)(=O)=O)ccn1. The molecule has 6 nitrogen and oxygen atoms in total. The van der Waals surface area contributed by atoms with Gasteiger partial charge in [0.25, 0.3) is 0 Å². The molecule has 1 rings (SSSR count). The van der Waals surface area contributed by atoms with Gasteiger partial charge in [0.05, 0.1) is 12.9 Å². The molecular weight excluding hydrogens is 230 g/mol. The minimum absolute atomic E-state index is 0.0256. The molecule has 0 aromatic carbocycles. The topological polar surface area (TPSA) is 94.3 Å². The maximum Gasteiger partial charge on any atom is 0.214 e. The summed E-state index contributed by atoms with van der Waals surface area (Å²) in [6.07, 6.45) is 2.07. The quantitative estimate of drug-likeness (QED) is 0.697. The molecule has 0 aliphatic carbocycles. The number of hydrogen-bond donors (Lipinski definition) is 2. The standard InChI is InChI=1S/C9H15N3O3S/c1-15-9-7-8(3-5-12-9)11-4-2-6-16(10,13)14/h3,5,7H,2,4,6H2,1H3,(H,11,12)(H2,10,13,14). The zero-order valence-electron chi connectivity index (χ0n) is 9.01. The van der Waals surface area contributed by atoms with Crippen LogP contribution in [0.15, 0.2) is 18.3 Å². The van der Waals surface area contributed by atoms with Crippen molar-refractivity contribution >= 4 is 15.7 Å². The summed E-state index contributed by atoms with van der Waals surface area (Å²) >= 11 is 0. The second-order valence-electron chi connectivity index (χ2n) is 3.23.